The summed E-state index contributed by atoms with van der Waals surface area (Å²) in [6.07, 6.45) is 3.44. The second kappa shape index (κ2) is 8.97. The number of nitrogens with two attached hydrogens (primary N) is 1. The van der Waals surface area contributed by atoms with Crippen LogP contribution in [0.1, 0.15) is 30.9 Å². The van der Waals surface area contributed by atoms with Gasteiger partial charge in [0.05, 0.1) is 23.6 Å². The SMILES string of the molecule is CCOc1ccccc1-c1ccc(C2(N)CCN(c3ccc(Cl)cc3C#N)CC2)cn1. The number of nitrogens with zero attached hydrogens (tertiary/aromatic N) is 3. The highest BCUT2D eigenvalue weighted by atomic mass is 35.5. The molecule has 2 heterocycles. The molecule has 1 aliphatic rings. The Morgan fingerprint density at radius 3 is 2.61 bits per heavy atom. The van der Waals surface area contributed by atoms with E-state index < -0.39 is 5.54 Å². The molecule has 4 rings (SSSR count). The minimum absolute atomic E-state index is 0.444. The van der Waals surface area contributed by atoms with Crippen LogP contribution in [0.4, 0.5) is 5.69 Å². The molecule has 0 radical (unpaired) electrons. The number of halogens is 1. The molecule has 1 saturated heterocycles. The first-order chi connectivity index (χ1) is 15.0. The number of hydrogen-bond donors (Lipinski definition) is 1. The highest BCUT2D eigenvalue weighted by Gasteiger charge is 2.33. The van der Waals surface area contributed by atoms with E-state index in [-0.39, 0.29) is 0 Å². The van der Waals surface area contributed by atoms with Gasteiger partial charge in [0.15, 0.2) is 0 Å². The molecule has 0 saturated carbocycles. The van der Waals surface area contributed by atoms with Crippen molar-refractivity contribution in [2.24, 2.45) is 5.73 Å². The molecule has 0 aliphatic carbocycles. The van der Waals surface area contributed by atoms with E-state index in [1.807, 2.05) is 55.6 Å². The monoisotopic (exact) mass is 432 g/mol. The largest absolute Gasteiger partial charge is 0.493 e. The summed E-state index contributed by atoms with van der Waals surface area (Å²) in [6, 6.07) is 19.7. The van der Waals surface area contributed by atoms with E-state index in [0.717, 1.165) is 54.2 Å². The quantitative estimate of drug-likeness (QED) is 0.605. The van der Waals surface area contributed by atoms with Crippen LogP contribution in [0.15, 0.2) is 60.8 Å². The van der Waals surface area contributed by atoms with Crippen molar-refractivity contribution in [1.29, 1.82) is 5.26 Å². The van der Waals surface area contributed by atoms with Gasteiger partial charge in [0.25, 0.3) is 0 Å². The summed E-state index contributed by atoms with van der Waals surface area (Å²) in [6.45, 7) is 4.11. The van der Waals surface area contributed by atoms with Crippen molar-refractivity contribution in [1.82, 2.24) is 4.98 Å². The molecular weight excluding hydrogens is 408 g/mol. The first-order valence-electron chi connectivity index (χ1n) is 10.5. The van der Waals surface area contributed by atoms with Crippen molar-refractivity contribution in [3.05, 3.63) is 76.9 Å². The lowest BCUT2D eigenvalue weighted by Gasteiger charge is -2.40. The third-order valence-corrected chi connectivity index (χ3v) is 6.11. The fraction of sp³-hybridized carbons (Fsp3) is 0.280. The molecule has 3 aromatic rings. The van der Waals surface area contributed by atoms with Crippen LogP contribution in [-0.2, 0) is 5.54 Å². The lowest BCUT2D eigenvalue weighted by atomic mass is 9.82. The average Bonchev–Trinajstić information content (AvgIpc) is 2.80. The van der Waals surface area contributed by atoms with Gasteiger partial charge in [-0.2, -0.15) is 5.26 Å². The van der Waals surface area contributed by atoms with Gasteiger partial charge < -0.3 is 15.4 Å². The van der Waals surface area contributed by atoms with Crippen molar-refractivity contribution >= 4 is 17.3 Å². The smallest absolute Gasteiger partial charge is 0.128 e. The molecule has 0 spiro atoms. The number of para-hydroxylation sites is 1. The number of piperidine rings is 1. The topological polar surface area (TPSA) is 75.2 Å². The van der Waals surface area contributed by atoms with E-state index in [1.54, 1.807) is 6.07 Å². The van der Waals surface area contributed by atoms with Crippen LogP contribution in [0.5, 0.6) is 5.75 Å². The third-order valence-electron chi connectivity index (χ3n) is 5.88. The normalized spacial score (nSPS) is 15.4. The number of hydrogen-bond acceptors (Lipinski definition) is 5. The Labute approximate surface area is 188 Å². The number of rotatable bonds is 5. The maximum absolute atomic E-state index is 9.45. The van der Waals surface area contributed by atoms with Crippen molar-refractivity contribution in [3.8, 4) is 23.1 Å². The highest BCUT2D eigenvalue weighted by Crippen LogP contribution is 2.35. The summed E-state index contributed by atoms with van der Waals surface area (Å²) in [5.74, 6) is 0.831. The Balaban J connectivity index is 1.51. The molecule has 31 heavy (non-hydrogen) atoms. The van der Waals surface area contributed by atoms with Gasteiger partial charge in [0, 0.05) is 35.4 Å². The van der Waals surface area contributed by atoms with Crippen LogP contribution >= 0.6 is 11.6 Å². The first kappa shape index (κ1) is 21.2. The van der Waals surface area contributed by atoms with Gasteiger partial charge in [0.2, 0.25) is 0 Å². The van der Waals surface area contributed by atoms with E-state index in [0.29, 0.717) is 17.2 Å². The van der Waals surface area contributed by atoms with Crippen LogP contribution < -0.4 is 15.4 Å². The molecule has 0 atom stereocenters. The number of pyridine rings is 1. The summed E-state index contributed by atoms with van der Waals surface area (Å²) in [7, 11) is 0. The van der Waals surface area contributed by atoms with Gasteiger partial charge >= 0.3 is 0 Å². The van der Waals surface area contributed by atoms with E-state index in [4.69, 9.17) is 27.1 Å². The number of ether oxygens (including phenoxy) is 1. The minimum atomic E-state index is -0.444. The van der Waals surface area contributed by atoms with Gasteiger partial charge in [-0.25, -0.2) is 0 Å². The van der Waals surface area contributed by atoms with Crippen LogP contribution in [0, 0.1) is 11.3 Å². The van der Waals surface area contributed by atoms with E-state index in [1.165, 1.54) is 0 Å². The summed E-state index contributed by atoms with van der Waals surface area (Å²) >= 11 is 6.04. The molecule has 6 heteroatoms. The Morgan fingerprint density at radius 1 is 1.16 bits per heavy atom. The zero-order valence-corrected chi connectivity index (χ0v) is 18.3. The summed E-state index contributed by atoms with van der Waals surface area (Å²) in [4.78, 5) is 6.90. The fourth-order valence-corrected chi connectivity index (χ4v) is 4.29. The zero-order valence-electron chi connectivity index (χ0n) is 17.5. The van der Waals surface area contributed by atoms with Crippen LogP contribution in [-0.4, -0.2) is 24.7 Å². The predicted molar refractivity (Wildman–Crippen MR) is 124 cm³/mol. The minimum Gasteiger partial charge on any atom is -0.493 e. The van der Waals surface area contributed by atoms with Gasteiger partial charge in [-0.3, -0.25) is 4.98 Å². The first-order valence-corrected chi connectivity index (χ1v) is 10.8. The Bertz CT molecular complexity index is 1100. The van der Waals surface area contributed by atoms with Gasteiger partial charge in [-0.05, 0) is 61.7 Å². The second-order valence-corrected chi connectivity index (χ2v) is 8.21. The van der Waals surface area contributed by atoms with Crippen molar-refractivity contribution in [2.75, 3.05) is 24.6 Å². The maximum atomic E-state index is 9.45. The molecule has 2 aromatic carbocycles. The van der Waals surface area contributed by atoms with Crippen LogP contribution in [0.3, 0.4) is 0 Å². The standard InChI is InChI=1S/C25H25ClN4O/c1-2-31-24-6-4-3-5-21(24)22-9-7-19(17-29-22)25(28)11-13-30(14-12-25)23-10-8-20(26)15-18(23)16-27/h3-10,15,17H,2,11-14,28H2,1H3. The zero-order chi connectivity index (χ0) is 21.8. The molecule has 1 fully saturated rings. The second-order valence-electron chi connectivity index (χ2n) is 7.78. The van der Waals surface area contributed by atoms with Crippen LogP contribution in [0.2, 0.25) is 5.02 Å². The molecule has 0 amide bonds. The predicted octanol–water partition coefficient (Wildman–Crippen LogP) is 5.13. The van der Waals surface area contributed by atoms with Gasteiger partial charge in [-0.15, -0.1) is 0 Å². The lowest BCUT2D eigenvalue weighted by molar-refractivity contribution is 0.341. The molecule has 1 aliphatic heterocycles. The fourth-order valence-electron chi connectivity index (χ4n) is 4.12. The van der Waals surface area contributed by atoms with E-state index in [2.05, 4.69) is 17.0 Å². The summed E-state index contributed by atoms with van der Waals surface area (Å²) in [5, 5.41) is 10.0. The Hall–Kier alpha value is -3.07. The Morgan fingerprint density at radius 2 is 1.94 bits per heavy atom. The molecule has 1 aromatic heterocycles. The average molecular weight is 433 g/mol. The number of anilines is 1. The van der Waals surface area contributed by atoms with E-state index in [9.17, 15) is 5.26 Å². The lowest BCUT2D eigenvalue weighted by Crippen LogP contribution is -2.48. The van der Waals surface area contributed by atoms with Gasteiger partial charge in [-0.1, -0.05) is 29.8 Å². The number of nitriles is 1. The molecule has 5 nitrogen and oxygen atoms in total. The molecule has 2 N–H and O–H groups in total. The number of aromatic nitrogens is 1. The molecule has 0 unspecified atom stereocenters. The summed E-state index contributed by atoms with van der Waals surface area (Å²) < 4.78 is 5.74. The van der Waals surface area contributed by atoms with Crippen molar-refractivity contribution in [2.45, 2.75) is 25.3 Å². The molecule has 0 bridgehead atoms. The van der Waals surface area contributed by atoms with Crippen molar-refractivity contribution < 1.29 is 4.74 Å². The number of benzene rings is 2. The van der Waals surface area contributed by atoms with Crippen LogP contribution in [0.25, 0.3) is 11.3 Å². The molecular formula is C25H25ClN4O. The molecule has 158 valence electrons. The maximum Gasteiger partial charge on any atom is 0.128 e. The van der Waals surface area contributed by atoms with Crippen molar-refractivity contribution in [3.63, 3.8) is 0 Å². The third kappa shape index (κ3) is 4.36. The van der Waals surface area contributed by atoms with E-state index >= 15 is 0 Å². The highest BCUT2D eigenvalue weighted by molar-refractivity contribution is 6.30. The summed E-state index contributed by atoms with van der Waals surface area (Å²) in [5.41, 5.74) is 10.7. The van der Waals surface area contributed by atoms with Gasteiger partial charge in [0.1, 0.15) is 11.8 Å². The Kier molecular flexibility index (Phi) is 6.13.